The van der Waals surface area contributed by atoms with E-state index in [1.165, 1.54) is 12.1 Å². The summed E-state index contributed by atoms with van der Waals surface area (Å²) in [5.74, 6) is 0.360. The van der Waals surface area contributed by atoms with Crippen LogP contribution in [-0.4, -0.2) is 44.1 Å². The number of ether oxygens (including phenoxy) is 1. The molecular formula is C20H25FN4O. The van der Waals surface area contributed by atoms with Crippen LogP contribution in [0, 0.1) is 5.82 Å². The van der Waals surface area contributed by atoms with Crippen molar-refractivity contribution in [3.8, 4) is 0 Å². The van der Waals surface area contributed by atoms with Crippen LogP contribution < -0.4 is 10.6 Å². The van der Waals surface area contributed by atoms with Crippen molar-refractivity contribution < 1.29 is 9.13 Å². The topological polar surface area (TPSA) is 54.1 Å². The molecule has 0 saturated carbocycles. The number of methoxy groups -OCH3 is 1. The zero-order valence-corrected chi connectivity index (χ0v) is 15.1. The van der Waals surface area contributed by atoms with E-state index in [0.717, 1.165) is 43.0 Å². The Hall–Kier alpha value is -2.60. The minimum Gasteiger partial charge on any atom is -0.380 e. The van der Waals surface area contributed by atoms with Crippen molar-refractivity contribution in [3.05, 3.63) is 65.5 Å². The molecule has 0 aliphatic carbocycles. The number of benzene rings is 2. The summed E-state index contributed by atoms with van der Waals surface area (Å²) in [5, 5.41) is 0. The van der Waals surface area contributed by atoms with Gasteiger partial charge in [-0.2, -0.15) is 0 Å². The molecule has 26 heavy (non-hydrogen) atoms. The highest BCUT2D eigenvalue weighted by Crippen LogP contribution is 2.17. The summed E-state index contributed by atoms with van der Waals surface area (Å²) in [6.45, 7) is 4.43. The third-order valence-electron chi connectivity index (χ3n) is 4.52. The Morgan fingerprint density at radius 3 is 2.46 bits per heavy atom. The van der Waals surface area contributed by atoms with E-state index in [0.29, 0.717) is 19.1 Å². The van der Waals surface area contributed by atoms with E-state index in [9.17, 15) is 4.39 Å². The first kappa shape index (κ1) is 18.2. The lowest BCUT2D eigenvalue weighted by Crippen LogP contribution is -2.51. The Morgan fingerprint density at radius 1 is 1.08 bits per heavy atom. The van der Waals surface area contributed by atoms with Crippen molar-refractivity contribution in [2.24, 2.45) is 10.7 Å². The summed E-state index contributed by atoms with van der Waals surface area (Å²) >= 11 is 0. The average molecular weight is 356 g/mol. The second-order valence-corrected chi connectivity index (χ2v) is 6.38. The van der Waals surface area contributed by atoms with Gasteiger partial charge in [0.25, 0.3) is 0 Å². The number of rotatable bonds is 5. The van der Waals surface area contributed by atoms with E-state index >= 15 is 0 Å². The van der Waals surface area contributed by atoms with Crippen LogP contribution in [0.3, 0.4) is 0 Å². The number of hydrogen-bond donors (Lipinski definition) is 1. The molecule has 3 rings (SSSR count). The second-order valence-electron chi connectivity index (χ2n) is 6.38. The minimum absolute atomic E-state index is 0.210. The van der Waals surface area contributed by atoms with Gasteiger partial charge in [-0.05, 0) is 35.4 Å². The molecular weight excluding hydrogens is 331 g/mol. The Balaban J connectivity index is 1.54. The summed E-state index contributed by atoms with van der Waals surface area (Å²) < 4.78 is 18.2. The van der Waals surface area contributed by atoms with Crippen LogP contribution in [0.25, 0.3) is 0 Å². The Bertz CT molecular complexity index is 740. The van der Waals surface area contributed by atoms with Crippen LogP contribution in [0.15, 0.2) is 53.5 Å². The fraction of sp³-hybridized carbons (Fsp3) is 0.350. The lowest BCUT2D eigenvalue weighted by molar-refractivity contribution is 0.185. The molecule has 1 aliphatic rings. The number of anilines is 1. The lowest BCUT2D eigenvalue weighted by atomic mass is 10.1. The van der Waals surface area contributed by atoms with Gasteiger partial charge in [0, 0.05) is 39.0 Å². The molecule has 0 spiro atoms. The third-order valence-corrected chi connectivity index (χ3v) is 4.52. The number of halogens is 1. The second kappa shape index (κ2) is 8.67. The van der Waals surface area contributed by atoms with E-state index in [4.69, 9.17) is 10.5 Å². The molecule has 138 valence electrons. The van der Waals surface area contributed by atoms with Crippen LogP contribution >= 0.6 is 0 Å². The molecule has 0 bridgehead atoms. The van der Waals surface area contributed by atoms with Crippen LogP contribution in [0.5, 0.6) is 0 Å². The van der Waals surface area contributed by atoms with Crippen LogP contribution in [0.1, 0.15) is 11.1 Å². The predicted molar refractivity (Wildman–Crippen MR) is 103 cm³/mol. The van der Waals surface area contributed by atoms with Gasteiger partial charge in [-0.15, -0.1) is 0 Å². The van der Waals surface area contributed by atoms with Crippen molar-refractivity contribution >= 4 is 11.6 Å². The summed E-state index contributed by atoms with van der Waals surface area (Å²) in [6.07, 6.45) is 0. The minimum atomic E-state index is -0.210. The smallest absolute Gasteiger partial charge is 0.191 e. The molecule has 1 fully saturated rings. The van der Waals surface area contributed by atoms with Gasteiger partial charge in [0.2, 0.25) is 0 Å². The largest absolute Gasteiger partial charge is 0.380 e. The number of hydrogen-bond acceptors (Lipinski definition) is 3. The summed E-state index contributed by atoms with van der Waals surface area (Å²) in [4.78, 5) is 8.87. The Morgan fingerprint density at radius 2 is 1.77 bits per heavy atom. The highest BCUT2D eigenvalue weighted by atomic mass is 19.1. The van der Waals surface area contributed by atoms with Crippen molar-refractivity contribution in [3.63, 3.8) is 0 Å². The third kappa shape index (κ3) is 4.73. The quantitative estimate of drug-likeness (QED) is 0.661. The zero-order chi connectivity index (χ0) is 18.4. The van der Waals surface area contributed by atoms with E-state index in [-0.39, 0.29) is 5.82 Å². The van der Waals surface area contributed by atoms with Gasteiger partial charge >= 0.3 is 0 Å². The zero-order valence-electron chi connectivity index (χ0n) is 15.1. The van der Waals surface area contributed by atoms with Crippen LogP contribution in [0.4, 0.5) is 10.1 Å². The first-order valence-electron chi connectivity index (χ1n) is 8.78. The molecule has 6 heteroatoms. The molecule has 1 heterocycles. The van der Waals surface area contributed by atoms with E-state index in [2.05, 4.69) is 20.9 Å². The fourth-order valence-electron chi connectivity index (χ4n) is 3.10. The van der Waals surface area contributed by atoms with Gasteiger partial charge in [-0.3, -0.25) is 0 Å². The highest BCUT2D eigenvalue weighted by Gasteiger charge is 2.18. The van der Waals surface area contributed by atoms with E-state index in [1.54, 1.807) is 7.11 Å². The van der Waals surface area contributed by atoms with Gasteiger partial charge < -0.3 is 20.3 Å². The maximum Gasteiger partial charge on any atom is 0.191 e. The molecule has 2 aromatic rings. The predicted octanol–water partition coefficient (Wildman–Crippen LogP) is 2.61. The van der Waals surface area contributed by atoms with E-state index in [1.807, 2.05) is 30.3 Å². The van der Waals surface area contributed by atoms with Gasteiger partial charge in [0.05, 0.1) is 13.2 Å². The standard InChI is InChI=1S/C20H25FN4O/c1-26-15-17-4-2-3-16(13-17)14-23-20(22)25-11-9-24(10-12-25)19-7-5-18(21)6-8-19/h2-8,13H,9-12,14-15H2,1H3,(H2,22,23). The van der Waals surface area contributed by atoms with Gasteiger partial charge in [0.15, 0.2) is 5.96 Å². The van der Waals surface area contributed by atoms with Crippen LogP contribution in [0.2, 0.25) is 0 Å². The van der Waals surface area contributed by atoms with Crippen molar-refractivity contribution in [1.29, 1.82) is 0 Å². The Labute approximate surface area is 153 Å². The summed E-state index contributed by atoms with van der Waals surface area (Å²) in [6, 6.07) is 14.8. The number of aliphatic imine (C=N–C) groups is 1. The van der Waals surface area contributed by atoms with Crippen LogP contribution in [-0.2, 0) is 17.9 Å². The highest BCUT2D eigenvalue weighted by molar-refractivity contribution is 5.78. The molecule has 1 aliphatic heterocycles. The average Bonchev–Trinajstić information content (AvgIpc) is 2.67. The molecule has 1 saturated heterocycles. The van der Waals surface area contributed by atoms with Gasteiger partial charge in [-0.25, -0.2) is 9.38 Å². The monoisotopic (exact) mass is 356 g/mol. The van der Waals surface area contributed by atoms with Crippen molar-refractivity contribution in [2.75, 3.05) is 38.2 Å². The number of piperazine rings is 1. The number of nitrogens with two attached hydrogens (primary N) is 1. The maximum absolute atomic E-state index is 13.0. The molecule has 0 atom stereocenters. The maximum atomic E-state index is 13.0. The molecule has 2 N–H and O–H groups in total. The number of nitrogens with zero attached hydrogens (tertiary/aromatic N) is 3. The molecule has 0 radical (unpaired) electrons. The molecule has 0 aromatic heterocycles. The molecule has 5 nitrogen and oxygen atoms in total. The molecule has 2 aromatic carbocycles. The lowest BCUT2D eigenvalue weighted by Gasteiger charge is -2.36. The Kier molecular flexibility index (Phi) is 6.07. The first-order valence-corrected chi connectivity index (χ1v) is 8.78. The fourth-order valence-corrected chi connectivity index (χ4v) is 3.10. The normalized spacial score (nSPS) is 15.4. The van der Waals surface area contributed by atoms with E-state index < -0.39 is 0 Å². The molecule has 0 unspecified atom stereocenters. The molecule has 0 amide bonds. The van der Waals surface area contributed by atoms with Crippen molar-refractivity contribution in [1.82, 2.24) is 4.90 Å². The number of guanidine groups is 1. The summed E-state index contributed by atoms with van der Waals surface area (Å²) in [7, 11) is 1.69. The SMILES string of the molecule is COCc1cccc(CN=C(N)N2CCN(c3ccc(F)cc3)CC2)c1. The summed E-state index contributed by atoms with van der Waals surface area (Å²) in [5.41, 5.74) is 9.47. The van der Waals surface area contributed by atoms with Gasteiger partial charge in [0.1, 0.15) is 5.82 Å². The van der Waals surface area contributed by atoms with Crippen molar-refractivity contribution in [2.45, 2.75) is 13.2 Å². The van der Waals surface area contributed by atoms with Gasteiger partial charge in [-0.1, -0.05) is 24.3 Å². The first-order chi connectivity index (χ1) is 12.7.